The van der Waals surface area contributed by atoms with E-state index in [9.17, 15) is 8.42 Å². The van der Waals surface area contributed by atoms with Gasteiger partial charge in [0.05, 0.1) is 12.3 Å². The number of hydrogen-bond donors (Lipinski definition) is 2. The fourth-order valence-electron chi connectivity index (χ4n) is 0.641. The third kappa shape index (κ3) is 9.05. The predicted octanol–water partition coefficient (Wildman–Crippen LogP) is -0.489. The Labute approximate surface area is 85.0 Å². The molecule has 0 aromatic rings. The van der Waals surface area contributed by atoms with Gasteiger partial charge in [0.1, 0.15) is 9.84 Å². The summed E-state index contributed by atoms with van der Waals surface area (Å²) < 4.78 is 21.5. The minimum Gasteiger partial charge on any atom is -0.370 e. The molecule has 0 saturated carbocycles. The molecule has 0 saturated heterocycles. The Kier molecular flexibility index (Phi) is 5.22. The van der Waals surface area contributed by atoms with Gasteiger partial charge in [0.25, 0.3) is 0 Å². The third-order valence-corrected chi connectivity index (χ3v) is 2.24. The zero-order chi connectivity index (χ0) is 11.2. The van der Waals surface area contributed by atoms with Crippen LogP contribution in [0.4, 0.5) is 0 Å². The monoisotopic (exact) mass is 219 g/mol. The van der Waals surface area contributed by atoms with Crippen LogP contribution in [-0.2, 0) is 9.84 Å². The fourth-order valence-corrected chi connectivity index (χ4v) is 1.11. The van der Waals surface area contributed by atoms with Crippen LogP contribution in [-0.4, -0.2) is 39.5 Å². The molecule has 6 heteroatoms. The van der Waals surface area contributed by atoms with E-state index in [1.165, 1.54) is 6.26 Å². The van der Waals surface area contributed by atoms with E-state index >= 15 is 0 Å². The summed E-state index contributed by atoms with van der Waals surface area (Å²) in [7, 11) is -2.94. The lowest BCUT2D eigenvalue weighted by atomic mass is 10.4. The van der Waals surface area contributed by atoms with E-state index in [1.54, 1.807) is 0 Å². The Morgan fingerprint density at radius 3 is 2.57 bits per heavy atom. The van der Waals surface area contributed by atoms with Gasteiger partial charge in [-0.1, -0.05) is 12.2 Å². The molecule has 0 aromatic heterocycles. The number of nitrogens with two attached hydrogens (primary N) is 1. The predicted molar refractivity (Wildman–Crippen MR) is 59.0 cm³/mol. The summed E-state index contributed by atoms with van der Waals surface area (Å²) in [5, 5.41) is 2.70. The zero-order valence-electron chi connectivity index (χ0n) is 8.58. The number of hydrogen-bond acceptors (Lipinski definition) is 3. The van der Waals surface area contributed by atoms with Crippen molar-refractivity contribution in [1.82, 2.24) is 5.32 Å². The van der Waals surface area contributed by atoms with Gasteiger partial charge in [0, 0.05) is 12.8 Å². The molecule has 82 valence electrons. The Balaban J connectivity index is 3.80. The largest absolute Gasteiger partial charge is 0.370 e. The third-order valence-electron chi connectivity index (χ3n) is 1.30. The average molecular weight is 219 g/mol. The SMILES string of the molecule is C=C(C)CN=C(N)NCCS(C)(=O)=O. The molecule has 0 atom stereocenters. The fraction of sp³-hybridized carbons (Fsp3) is 0.625. The van der Waals surface area contributed by atoms with E-state index in [4.69, 9.17) is 5.73 Å². The molecule has 0 bridgehead atoms. The first-order valence-corrected chi connectivity index (χ1v) is 6.23. The zero-order valence-corrected chi connectivity index (χ0v) is 9.39. The van der Waals surface area contributed by atoms with Gasteiger partial charge in [-0.05, 0) is 6.92 Å². The first kappa shape index (κ1) is 13.0. The van der Waals surface area contributed by atoms with Gasteiger partial charge in [-0.2, -0.15) is 0 Å². The highest BCUT2D eigenvalue weighted by atomic mass is 32.2. The van der Waals surface area contributed by atoms with Crippen molar-refractivity contribution >= 4 is 15.8 Å². The van der Waals surface area contributed by atoms with Crippen molar-refractivity contribution in [3.05, 3.63) is 12.2 Å². The van der Waals surface area contributed by atoms with Crippen molar-refractivity contribution in [3.63, 3.8) is 0 Å². The minimum absolute atomic E-state index is 0.0519. The number of nitrogens with zero attached hydrogens (tertiary/aromatic N) is 1. The second-order valence-corrected chi connectivity index (χ2v) is 5.47. The highest BCUT2D eigenvalue weighted by Gasteiger charge is 2.00. The number of nitrogens with one attached hydrogen (secondary N) is 1. The summed E-state index contributed by atoms with van der Waals surface area (Å²) in [6, 6.07) is 0. The molecule has 0 aliphatic rings. The number of rotatable bonds is 5. The normalized spacial score (nSPS) is 12.6. The van der Waals surface area contributed by atoms with Crippen LogP contribution < -0.4 is 11.1 Å². The molecule has 5 nitrogen and oxygen atoms in total. The molecule has 0 aliphatic carbocycles. The summed E-state index contributed by atoms with van der Waals surface area (Å²) in [4.78, 5) is 3.93. The highest BCUT2D eigenvalue weighted by Crippen LogP contribution is 1.85. The van der Waals surface area contributed by atoms with Crippen LogP contribution in [0, 0.1) is 0 Å². The molecule has 0 fully saturated rings. The van der Waals surface area contributed by atoms with Crippen LogP contribution in [0.3, 0.4) is 0 Å². The van der Waals surface area contributed by atoms with Crippen LogP contribution in [0.15, 0.2) is 17.1 Å². The molecule has 0 amide bonds. The van der Waals surface area contributed by atoms with E-state index < -0.39 is 9.84 Å². The molecule has 0 radical (unpaired) electrons. The molecule has 14 heavy (non-hydrogen) atoms. The molecule has 0 unspecified atom stereocenters. The van der Waals surface area contributed by atoms with Crippen molar-refractivity contribution in [2.75, 3.05) is 25.1 Å². The molecule has 3 N–H and O–H groups in total. The van der Waals surface area contributed by atoms with E-state index in [2.05, 4.69) is 16.9 Å². The standard InChI is InChI=1S/C8H17N3O2S/c1-7(2)6-11-8(9)10-4-5-14(3,12)13/h1,4-6H2,2-3H3,(H3,9,10,11). The molecule has 0 rings (SSSR count). The summed E-state index contributed by atoms with van der Waals surface area (Å²) in [5.74, 6) is 0.299. The smallest absolute Gasteiger partial charge is 0.188 e. The lowest BCUT2D eigenvalue weighted by Gasteiger charge is -2.04. The summed E-state index contributed by atoms with van der Waals surface area (Å²) in [6.45, 7) is 6.24. The van der Waals surface area contributed by atoms with Crippen LogP contribution in [0.2, 0.25) is 0 Å². The van der Waals surface area contributed by atoms with E-state index in [0.29, 0.717) is 6.54 Å². The molecular weight excluding hydrogens is 202 g/mol. The van der Waals surface area contributed by atoms with Crippen molar-refractivity contribution in [3.8, 4) is 0 Å². The first-order valence-electron chi connectivity index (χ1n) is 4.17. The molecule has 0 spiro atoms. The number of aliphatic imine (C=N–C) groups is 1. The quantitative estimate of drug-likeness (QED) is 0.371. The first-order chi connectivity index (χ1) is 6.31. The Morgan fingerprint density at radius 1 is 1.57 bits per heavy atom. The van der Waals surface area contributed by atoms with Gasteiger partial charge in [-0.15, -0.1) is 0 Å². The lowest BCUT2D eigenvalue weighted by molar-refractivity contribution is 0.600. The lowest BCUT2D eigenvalue weighted by Crippen LogP contribution is -2.35. The van der Waals surface area contributed by atoms with Crippen molar-refractivity contribution in [2.45, 2.75) is 6.92 Å². The Morgan fingerprint density at radius 2 is 2.14 bits per heavy atom. The van der Waals surface area contributed by atoms with Gasteiger partial charge in [-0.3, -0.25) is 0 Å². The Bertz CT molecular complexity index is 319. The average Bonchev–Trinajstić information content (AvgIpc) is 1.98. The maximum atomic E-state index is 10.7. The summed E-state index contributed by atoms with van der Waals surface area (Å²) in [5.41, 5.74) is 6.36. The minimum atomic E-state index is -2.94. The molecular formula is C8H17N3O2S. The number of guanidine groups is 1. The van der Waals surface area contributed by atoms with Crippen LogP contribution in [0.5, 0.6) is 0 Å². The van der Waals surface area contributed by atoms with E-state index in [1.807, 2.05) is 6.92 Å². The van der Waals surface area contributed by atoms with Gasteiger partial charge in [-0.25, -0.2) is 13.4 Å². The van der Waals surface area contributed by atoms with Crippen LogP contribution in [0.25, 0.3) is 0 Å². The topological polar surface area (TPSA) is 84.5 Å². The molecule has 0 aliphatic heterocycles. The van der Waals surface area contributed by atoms with Gasteiger partial charge in [0.2, 0.25) is 0 Å². The van der Waals surface area contributed by atoms with Crippen molar-refractivity contribution in [2.24, 2.45) is 10.7 Å². The molecule has 0 heterocycles. The van der Waals surface area contributed by atoms with Crippen molar-refractivity contribution < 1.29 is 8.42 Å². The summed E-state index contributed by atoms with van der Waals surface area (Å²) >= 11 is 0. The molecule has 0 aromatic carbocycles. The van der Waals surface area contributed by atoms with E-state index in [0.717, 1.165) is 5.57 Å². The Hall–Kier alpha value is -1.04. The van der Waals surface area contributed by atoms with Crippen LogP contribution in [0.1, 0.15) is 6.92 Å². The maximum absolute atomic E-state index is 10.7. The van der Waals surface area contributed by atoms with Gasteiger partial charge < -0.3 is 11.1 Å². The summed E-state index contributed by atoms with van der Waals surface area (Å²) in [6.07, 6.45) is 1.18. The van der Waals surface area contributed by atoms with Gasteiger partial charge >= 0.3 is 0 Å². The van der Waals surface area contributed by atoms with Crippen LogP contribution >= 0.6 is 0 Å². The maximum Gasteiger partial charge on any atom is 0.188 e. The van der Waals surface area contributed by atoms with E-state index in [-0.39, 0.29) is 18.3 Å². The second kappa shape index (κ2) is 5.64. The van der Waals surface area contributed by atoms with Gasteiger partial charge in [0.15, 0.2) is 5.96 Å². The van der Waals surface area contributed by atoms with Crippen molar-refractivity contribution in [1.29, 1.82) is 0 Å². The number of sulfone groups is 1. The highest BCUT2D eigenvalue weighted by molar-refractivity contribution is 7.90. The second-order valence-electron chi connectivity index (χ2n) is 3.22.